The van der Waals surface area contributed by atoms with Crippen LogP contribution in [0, 0.1) is 11.3 Å². The Bertz CT molecular complexity index is 1040. The van der Waals surface area contributed by atoms with Crippen LogP contribution in [0.25, 0.3) is 11.3 Å². The average molecular weight is 358 g/mol. The number of rotatable bonds is 4. The molecular weight excluding hydrogens is 340 g/mol. The molecule has 0 unspecified atom stereocenters. The SMILES string of the molecule is COC(=O)/N=c1/c(C#N)nc(-c2ccccc2)cn1CCc1ccccc1. The number of amides is 1. The van der Waals surface area contributed by atoms with E-state index in [0.29, 0.717) is 12.2 Å². The van der Waals surface area contributed by atoms with Gasteiger partial charge in [0.25, 0.3) is 0 Å². The van der Waals surface area contributed by atoms with Gasteiger partial charge in [-0.1, -0.05) is 60.7 Å². The van der Waals surface area contributed by atoms with Crippen molar-refractivity contribution >= 4 is 6.09 Å². The molecule has 1 heterocycles. The van der Waals surface area contributed by atoms with Gasteiger partial charge in [0.1, 0.15) is 6.07 Å². The lowest BCUT2D eigenvalue weighted by Gasteiger charge is -2.11. The van der Waals surface area contributed by atoms with Crippen LogP contribution in [0.3, 0.4) is 0 Å². The molecule has 0 aliphatic heterocycles. The molecule has 2 aromatic carbocycles. The van der Waals surface area contributed by atoms with Crippen molar-refractivity contribution in [3.63, 3.8) is 0 Å². The number of benzene rings is 2. The minimum atomic E-state index is -0.769. The van der Waals surface area contributed by atoms with E-state index in [4.69, 9.17) is 0 Å². The number of methoxy groups -OCH3 is 1. The molecule has 1 aromatic heterocycles. The maximum absolute atomic E-state index is 11.7. The fraction of sp³-hybridized carbons (Fsp3) is 0.143. The number of hydrogen-bond donors (Lipinski definition) is 0. The fourth-order valence-corrected chi connectivity index (χ4v) is 2.68. The average Bonchev–Trinajstić information content (AvgIpc) is 2.74. The van der Waals surface area contributed by atoms with Crippen molar-refractivity contribution in [2.75, 3.05) is 7.11 Å². The van der Waals surface area contributed by atoms with E-state index in [1.54, 1.807) is 10.8 Å². The van der Waals surface area contributed by atoms with Gasteiger partial charge in [0.15, 0.2) is 11.2 Å². The van der Waals surface area contributed by atoms with Crippen molar-refractivity contribution in [1.82, 2.24) is 9.55 Å². The summed E-state index contributed by atoms with van der Waals surface area (Å²) in [5.74, 6) is 0. The third kappa shape index (κ3) is 4.47. The lowest BCUT2D eigenvalue weighted by Crippen LogP contribution is -2.28. The molecule has 134 valence electrons. The maximum atomic E-state index is 11.7. The highest BCUT2D eigenvalue weighted by Crippen LogP contribution is 2.15. The molecule has 0 atom stereocenters. The van der Waals surface area contributed by atoms with Gasteiger partial charge in [0, 0.05) is 18.3 Å². The molecule has 0 fully saturated rings. The first-order valence-corrected chi connectivity index (χ1v) is 8.45. The summed E-state index contributed by atoms with van der Waals surface area (Å²) in [6.07, 6.45) is 1.76. The molecule has 1 amide bonds. The van der Waals surface area contributed by atoms with Gasteiger partial charge in [-0.2, -0.15) is 10.3 Å². The first kappa shape index (κ1) is 18.1. The molecule has 0 N–H and O–H groups in total. The summed E-state index contributed by atoms with van der Waals surface area (Å²) in [4.78, 5) is 20.0. The summed E-state index contributed by atoms with van der Waals surface area (Å²) in [6.45, 7) is 0.539. The van der Waals surface area contributed by atoms with Gasteiger partial charge in [-0.25, -0.2) is 9.78 Å². The van der Waals surface area contributed by atoms with Crippen molar-refractivity contribution in [2.24, 2.45) is 4.99 Å². The third-order valence-corrected chi connectivity index (χ3v) is 4.03. The smallest absolute Gasteiger partial charge is 0.435 e. The van der Waals surface area contributed by atoms with Crippen LogP contribution < -0.4 is 5.49 Å². The van der Waals surface area contributed by atoms with E-state index in [1.807, 2.05) is 66.7 Å². The highest BCUT2D eigenvalue weighted by molar-refractivity contribution is 5.68. The van der Waals surface area contributed by atoms with E-state index in [1.165, 1.54) is 7.11 Å². The Morgan fingerprint density at radius 2 is 1.81 bits per heavy atom. The van der Waals surface area contributed by atoms with E-state index in [-0.39, 0.29) is 11.2 Å². The normalized spacial score (nSPS) is 11.0. The molecule has 0 saturated carbocycles. The summed E-state index contributed by atoms with van der Waals surface area (Å²) in [7, 11) is 1.25. The van der Waals surface area contributed by atoms with E-state index in [0.717, 1.165) is 17.5 Å². The second-order valence-electron chi connectivity index (χ2n) is 5.79. The van der Waals surface area contributed by atoms with Crippen LogP contribution in [-0.2, 0) is 17.7 Å². The molecule has 3 aromatic rings. The molecule has 0 aliphatic rings. The molecule has 3 rings (SSSR count). The van der Waals surface area contributed by atoms with E-state index >= 15 is 0 Å². The van der Waals surface area contributed by atoms with Gasteiger partial charge in [0.2, 0.25) is 0 Å². The predicted octanol–water partition coefficient (Wildman–Crippen LogP) is 3.33. The Morgan fingerprint density at radius 3 is 2.44 bits per heavy atom. The Morgan fingerprint density at radius 1 is 1.15 bits per heavy atom. The third-order valence-electron chi connectivity index (χ3n) is 4.03. The number of carbonyl (C=O) groups is 1. The number of ether oxygens (including phenoxy) is 1. The molecule has 27 heavy (non-hydrogen) atoms. The Labute approximate surface area is 157 Å². The van der Waals surface area contributed by atoms with Crippen LogP contribution in [0.15, 0.2) is 71.9 Å². The van der Waals surface area contributed by atoms with Crippen molar-refractivity contribution in [3.8, 4) is 17.3 Å². The molecule has 6 nitrogen and oxygen atoms in total. The fourth-order valence-electron chi connectivity index (χ4n) is 2.68. The summed E-state index contributed by atoms with van der Waals surface area (Å²) in [6, 6.07) is 21.6. The van der Waals surface area contributed by atoms with Gasteiger partial charge in [-0.3, -0.25) is 0 Å². The summed E-state index contributed by atoms with van der Waals surface area (Å²) < 4.78 is 6.41. The van der Waals surface area contributed by atoms with Crippen molar-refractivity contribution in [1.29, 1.82) is 5.26 Å². The lowest BCUT2D eigenvalue weighted by atomic mass is 10.1. The van der Waals surface area contributed by atoms with Gasteiger partial charge in [0.05, 0.1) is 12.8 Å². The minimum Gasteiger partial charge on any atom is -0.451 e. The highest BCUT2D eigenvalue weighted by atomic mass is 16.5. The van der Waals surface area contributed by atoms with Crippen molar-refractivity contribution in [3.05, 3.63) is 83.6 Å². The first-order chi connectivity index (χ1) is 13.2. The van der Waals surface area contributed by atoms with E-state index in [9.17, 15) is 10.1 Å². The second kappa shape index (κ2) is 8.59. The summed E-state index contributed by atoms with van der Waals surface area (Å²) in [5, 5.41) is 9.55. The Hall–Kier alpha value is -3.72. The van der Waals surface area contributed by atoms with Gasteiger partial charge < -0.3 is 9.30 Å². The zero-order valence-corrected chi connectivity index (χ0v) is 14.9. The van der Waals surface area contributed by atoms with Crippen LogP contribution in [0.4, 0.5) is 4.79 Å². The van der Waals surface area contributed by atoms with Crippen LogP contribution in [-0.4, -0.2) is 22.8 Å². The molecule has 0 bridgehead atoms. The number of aryl methyl sites for hydroxylation is 2. The monoisotopic (exact) mass is 358 g/mol. The predicted molar refractivity (Wildman–Crippen MR) is 100 cm³/mol. The summed E-state index contributed by atoms with van der Waals surface area (Å²) in [5.41, 5.74) is 2.94. The van der Waals surface area contributed by atoms with Crippen LogP contribution >= 0.6 is 0 Å². The number of nitrogens with zero attached hydrogens (tertiary/aromatic N) is 4. The van der Waals surface area contributed by atoms with Crippen LogP contribution in [0.1, 0.15) is 11.3 Å². The zero-order chi connectivity index (χ0) is 19.1. The standard InChI is InChI=1S/C21H18N4O2/c1-27-21(26)24-20-18(14-22)23-19(17-10-6-3-7-11-17)15-25(20)13-12-16-8-4-2-5-9-16/h2-11,15H,12-13H2,1H3/b24-20-. The number of aromatic nitrogens is 2. The molecular formula is C21H18N4O2. The number of carbonyl (C=O) groups excluding carboxylic acids is 1. The highest BCUT2D eigenvalue weighted by Gasteiger charge is 2.10. The topological polar surface area (TPSA) is 80.3 Å². The maximum Gasteiger partial charge on any atom is 0.435 e. The van der Waals surface area contributed by atoms with Crippen LogP contribution in [0.5, 0.6) is 0 Å². The van der Waals surface area contributed by atoms with Crippen LogP contribution in [0.2, 0.25) is 0 Å². The number of hydrogen-bond acceptors (Lipinski definition) is 4. The van der Waals surface area contributed by atoms with Gasteiger partial charge in [-0.05, 0) is 12.0 Å². The van der Waals surface area contributed by atoms with E-state index < -0.39 is 6.09 Å². The Kier molecular flexibility index (Phi) is 5.75. The molecule has 0 radical (unpaired) electrons. The molecule has 6 heteroatoms. The molecule has 0 aliphatic carbocycles. The lowest BCUT2D eigenvalue weighted by molar-refractivity contribution is 0.181. The Balaban J connectivity index is 2.10. The van der Waals surface area contributed by atoms with Crippen molar-refractivity contribution < 1.29 is 9.53 Å². The van der Waals surface area contributed by atoms with Crippen molar-refractivity contribution in [2.45, 2.75) is 13.0 Å². The summed E-state index contributed by atoms with van der Waals surface area (Å²) >= 11 is 0. The molecule has 0 saturated heterocycles. The van der Waals surface area contributed by atoms with Gasteiger partial charge >= 0.3 is 6.09 Å². The zero-order valence-electron chi connectivity index (χ0n) is 14.9. The minimum absolute atomic E-state index is 0.0785. The largest absolute Gasteiger partial charge is 0.451 e. The second-order valence-corrected chi connectivity index (χ2v) is 5.79. The van der Waals surface area contributed by atoms with Gasteiger partial charge in [-0.15, -0.1) is 0 Å². The first-order valence-electron chi connectivity index (χ1n) is 8.45. The number of nitriles is 1. The van der Waals surface area contributed by atoms with E-state index in [2.05, 4.69) is 14.7 Å². The molecule has 0 spiro atoms. The quantitative estimate of drug-likeness (QED) is 0.716.